The largest absolute Gasteiger partial charge is 0.465 e. The molecule has 1 heterocycles. The molecule has 30 heavy (non-hydrogen) atoms. The molecule has 9 nitrogen and oxygen atoms in total. The Kier molecular flexibility index (Phi) is 7.35. The van der Waals surface area contributed by atoms with Crippen LogP contribution in [0.2, 0.25) is 0 Å². The molecule has 0 saturated heterocycles. The van der Waals surface area contributed by atoms with Crippen LogP contribution in [-0.2, 0) is 19.0 Å². The number of benzene rings is 1. The second-order valence-electron chi connectivity index (χ2n) is 6.77. The molecular formula is C21H24N2O7. The van der Waals surface area contributed by atoms with E-state index >= 15 is 0 Å². The van der Waals surface area contributed by atoms with Gasteiger partial charge in [-0.2, -0.15) is 0 Å². The molecule has 2 rings (SSSR count). The van der Waals surface area contributed by atoms with E-state index in [0.29, 0.717) is 22.5 Å². The van der Waals surface area contributed by atoms with Crippen LogP contribution in [0.1, 0.15) is 56.3 Å². The number of aryl methyl sites for hydroxylation is 1. The van der Waals surface area contributed by atoms with Crippen LogP contribution in [0, 0.1) is 13.8 Å². The van der Waals surface area contributed by atoms with Crippen molar-refractivity contribution in [3.05, 3.63) is 52.3 Å². The summed E-state index contributed by atoms with van der Waals surface area (Å²) in [5, 5.41) is 2.56. The van der Waals surface area contributed by atoms with Gasteiger partial charge in [0.15, 0.2) is 6.61 Å². The number of amides is 1. The number of ether oxygens (including phenoxy) is 3. The van der Waals surface area contributed by atoms with Crippen LogP contribution in [0.5, 0.6) is 0 Å². The zero-order valence-electron chi connectivity index (χ0n) is 17.5. The topological polar surface area (TPSA) is 124 Å². The Bertz CT molecular complexity index is 958. The molecule has 0 aliphatic heterocycles. The van der Waals surface area contributed by atoms with Crippen molar-refractivity contribution in [1.82, 2.24) is 4.98 Å². The maximum absolute atomic E-state index is 12.3. The molecular weight excluding hydrogens is 392 g/mol. The van der Waals surface area contributed by atoms with Gasteiger partial charge in [-0.15, -0.1) is 0 Å². The molecule has 0 atom stereocenters. The summed E-state index contributed by atoms with van der Waals surface area (Å²) in [7, 11) is 1.25. The van der Waals surface area contributed by atoms with Gasteiger partial charge in [0.1, 0.15) is 5.69 Å². The van der Waals surface area contributed by atoms with Crippen LogP contribution in [0.15, 0.2) is 24.3 Å². The number of carbonyl (C=O) groups excluding carboxylic acids is 4. The number of methoxy groups -OCH3 is 1. The summed E-state index contributed by atoms with van der Waals surface area (Å²) >= 11 is 0. The van der Waals surface area contributed by atoms with E-state index in [1.807, 2.05) is 0 Å². The molecule has 0 unspecified atom stereocenters. The zero-order chi connectivity index (χ0) is 22.4. The highest BCUT2D eigenvalue weighted by Crippen LogP contribution is 2.19. The lowest BCUT2D eigenvalue weighted by atomic mass is 10.1. The lowest BCUT2D eigenvalue weighted by molar-refractivity contribution is -0.119. The zero-order valence-corrected chi connectivity index (χ0v) is 17.5. The van der Waals surface area contributed by atoms with Gasteiger partial charge >= 0.3 is 17.9 Å². The van der Waals surface area contributed by atoms with Gasteiger partial charge in [-0.05, 0) is 57.5 Å². The average molecular weight is 416 g/mol. The van der Waals surface area contributed by atoms with Gasteiger partial charge < -0.3 is 24.5 Å². The first-order valence-corrected chi connectivity index (χ1v) is 9.19. The number of nitrogens with one attached hydrogen (secondary N) is 2. The maximum atomic E-state index is 12.3. The van der Waals surface area contributed by atoms with Crippen molar-refractivity contribution in [3.63, 3.8) is 0 Å². The Morgan fingerprint density at radius 1 is 1.00 bits per heavy atom. The first kappa shape index (κ1) is 22.7. The van der Waals surface area contributed by atoms with Gasteiger partial charge in [-0.3, -0.25) is 4.79 Å². The Hall–Kier alpha value is -3.62. The average Bonchev–Trinajstić information content (AvgIpc) is 2.99. The first-order valence-electron chi connectivity index (χ1n) is 9.19. The maximum Gasteiger partial charge on any atom is 0.355 e. The Morgan fingerprint density at radius 2 is 1.63 bits per heavy atom. The van der Waals surface area contributed by atoms with E-state index in [1.54, 1.807) is 27.7 Å². The summed E-state index contributed by atoms with van der Waals surface area (Å²) in [6, 6.07) is 6.12. The van der Waals surface area contributed by atoms with Gasteiger partial charge in [0, 0.05) is 11.4 Å². The minimum Gasteiger partial charge on any atom is -0.465 e. The van der Waals surface area contributed by atoms with Crippen LogP contribution < -0.4 is 5.32 Å². The molecule has 2 aromatic rings. The van der Waals surface area contributed by atoms with Crippen LogP contribution >= 0.6 is 0 Å². The fraction of sp³-hybridized carbons (Fsp3) is 0.333. The number of carbonyl (C=O) groups is 4. The van der Waals surface area contributed by atoms with E-state index in [1.165, 1.54) is 31.4 Å². The number of anilines is 1. The highest BCUT2D eigenvalue weighted by atomic mass is 16.5. The van der Waals surface area contributed by atoms with Gasteiger partial charge in [0.2, 0.25) is 0 Å². The molecule has 0 aliphatic carbocycles. The van der Waals surface area contributed by atoms with Crippen LogP contribution in [0.4, 0.5) is 5.69 Å². The third kappa shape index (κ3) is 5.47. The summed E-state index contributed by atoms with van der Waals surface area (Å²) < 4.78 is 14.8. The molecule has 0 saturated carbocycles. The number of H-pyrrole nitrogens is 1. The van der Waals surface area contributed by atoms with Crippen molar-refractivity contribution in [2.24, 2.45) is 0 Å². The molecule has 1 aromatic heterocycles. The SMILES string of the molecule is COC(=O)c1c(C)[nH]c(C(=O)OCC(=O)Nc2ccc(C(=O)OC(C)C)cc2)c1C. The summed E-state index contributed by atoms with van der Waals surface area (Å²) in [4.78, 5) is 50.7. The fourth-order valence-corrected chi connectivity index (χ4v) is 2.73. The van der Waals surface area contributed by atoms with Gasteiger partial charge in [-0.1, -0.05) is 0 Å². The van der Waals surface area contributed by atoms with E-state index in [0.717, 1.165) is 0 Å². The predicted octanol–water partition coefficient (Wildman–Crippen LogP) is 2.78. The van der Waals surface area contributed by atoms with E-state index in [-0.39, 0.29) is 17.4 Å². The first-order chi connectivity index (χ1) is 14.1. The molecule has 1 aromatic carbocycles. The van der Waals surface area contributed by atoms with E-state index in [2.05, 4.69) is 10.3 Å². The number of rotatable bonds is 7. The second-order valence-corrected chi connectivity index (χ2v) is 6.77. The monoisotopic (exact) mass is 416 g/mol. The van der Waals surface area contributed by atoms with Crippen molar-refractivity contribution in [2.45, 2.75) is 33.8 Å². The standard InChI is InChI=1S/C21H24N2O7/c1-11(2)30-19(25)14-6-8-15(9-7-14)23-16(24)10-29-21(27)18-12(3)17(13(4)22-18)20(26)28-5/h6-9,11,22H,10H2,1-5H3,(H,23,24). The van der Waals surface area contributed by atoms with E-state index in [9.17, 15) is 19.2 Å². The van der Waals surface area contributed by atoms with Crippen LogP contribution in [0.25, 0.3) is 0 Å². The predicted molar refractivity (Wildman–Crippen MR) is 108 cm³/mol. The van der Waals surface area contributed by atoms with Crippen molar-refractivity contribution in [3.8, 4) is 0 Å². The van der Waals surface area contributed by atoms with Gasteiger partial charge in [0.25, 0.3) is 5.91 Å². The summed E-state index contributed by atoms with van der Waals surface area (Å²) in [5.74, 6) is -2.36. The van der Waals surface area contributed by atoms with Crippen molar-refractivity contribution >= 4 is 29.5 Å². The minimum atomic E-state index is -0.771. The molecule has 9 heteroatoms. The normalized spacial score (nSPS) is 10.5. The van der Waals surface area contributed by atoms with Crippen LogP contribution in [-0.4, -0.2) is 48.6 Å². The molecule has 160 valence electrons. The Morgan fingerprint density at radius 3 is 2.20 bits per heavy atom. The number of hydrogen-bond donors (Lipinski definition) is 2. The van der Waals surface area contributed by atoms with E-state index in [4.69, 9.17) is 14.2 Å². The third-order valence-corrected chi connectivity index (χ3v) is 4.11. The van der Waals surface area contributed by atoms with Crippen molar-refractivity contribution < 1.29 is 33.4 Å². The van der Waals surface area contributed by atoms with Crippen molar-refractivity contribution in [2.75, 3.05) is 19.0 Å². The second kappa shape index (κ2) is 9.73. The van der Waals surface area contributed by atoms with Crippen LogP contribution in [0.3, 0.4) is 0 Å². The van der Waals surface area contributed by atoms with Gasteiger partial charge in [-0.25, -0.2) is 14.4 Å². The number of aromatic amines is 1. The number of esters is 3. The summed E-state index contributed by atoms with van der Waals surface area (Å²) in [5.41, 5.74) is 1.96. The third-order valence-electron chi connectivity index (χ3n) is 4.11. The number of hydrogen-bond acceptors (Lipinski definition) is 7. The molecule has 1 amide bonds. The highest BCUT2D eigenvalue weighted by Gasteiger charge is 2.23. The quantitative estimate of drug-likeness (QED) is 0.525. The van der Waals surface area contributed by atoms with Gasteiger partial charge in [0.05, 0.1) is 24.3 Å². The molecule has 0 fully saturated rings. The molecule has 0 spiro atoms. The Labute approximate surface area is 173 Å². The molecule has 0 aliphatic rings. The molecule has 0 radical (unpaired) electrons. The van der Waals surface area contributed by atoms with E-state index < -0.39 is 30.4 Å². The summed E-state index contributed by atoms with van der Waals surface area (Å²) in [6.45, 7) is 6.18. The minimum absolute atomic E-state index is 0.0775. The molecule has 0 bridgehead atoms. The fourth-order valence-electron chi connectivity index (χ4n) is 2.73. The smallest absolute Gasteiger partial charge is 0.355 e. The Balaban J connectivity index is 1.94. The molecule has 2 N–H and O–H groups in total. The van der Waals surface area contributed by atoms with Crippen molar-refractivity contribution in [1.29, 1.82) is 0 Å². The number of aromatic nitrogens is 1. The summed E-state index contributed by atoms with van der Waals surface area (Å²) in [6.07, 6.45) is -0.234. The lowest BCUT2D eigenvalue weighted by Crippen LogP contribution is -2.21. The highest BCUT2D eigenvalue weighted by molar-refractivity contribution is 6.00. The lowest BCUT2D eigenvalue weighted by Gasteiger charge is -2.09.